The van der Waals surface area contributed by atoms with E-state index in [1.807, 2.05) is 54.6 Å². The molecule has 1 heterocycles. The third-order valence-electron chi connectivity index (χ3n) is 4.84. The minimum atomic E-state index is -0.637. The molecule has 158 valence electrons. The number of nitrogens with two attached hydrogens (primary N) is 1. The van der Waals surface area contributed by atoms with Crippen LogP contribution in [-0.4, -0.2) is 29.3 Å². The van der Waals surface area contributed by atoms with E-state index in [1.54, 1.807) is 24.3 Å². The number of nitrogens with one attached hydrogen (secondary N) is 2. The molecule has 7 nitrogen and oxygen atoms in total. The number of nitrogens with zero attached hydrogens (tertiary/aromatic N) is 1. The van der Waals surface area contributed by atoms with Gasteiger partial charge in [-0.05, 0) is 30.3 Å². The highest BCUT2D eigenvalue weighted by molar-refractivity contribution is 6.13. The fourth-order valence-electron chi connectivity index (χ4n) is 3.33. The quantitative estimate of drug-likeness (QED) is 0.440. The van der Waals surface area contributed by atoms with Crippen molar-refractivity contribution < 1.29 is 14.4 Å². The number of rotatable bonds is 6. The van der Waals surface area contributed by atoms with Gasteiger partial charge in [-0.15, -0.1) is 0 Å². The summed E-state index contributed by atoms with van der Waals surface area (Å²) in [5, 5.41) is 6.00. The van der Waals surface area contributed by atoms with Crippen LogP contribution in [0.25, 0.3) is 22.2 Å². The number of fused-ring (bicyclic) bond motifs is 1. The normalized spacial score (nSPS) is 10.5. The Labute approximate surface area is 184 Å². The smallest absolute Gasteiger partial charge is 0.256 e. The van der Waals surface area contributed by atoms with Gasteiger partial charge in [0, 0.05) is 22.2 Å². The van der Waals surface area contributed by atoms with Crippen LogP contribution in [0.5, 0.6) is 0 Å². The number of hydrogen-bond donors (Lipinski definition) is 3. The predicted molar refractivity (Wildman–Crippen MR) is 123 cm³/mol. The minimum Gasteiger partial charge on any atom is -0.368 e. The van der Waals surface area contributed by atoms with Gasteiger partial charge in [0.1, 0.15) is 0 Å². The third-order valence-corrected chi connectivity index (χ3v) is 4.84. The summed E-state index contributed by atoms with van der Waals surface area (Å²) >= 11 is 0. The number of benzene rings is 3. The molecule has 0 saturated heterocycles. The molecule has 7 heteroatoms. The Morgan fingerprint density at radius 2 is 1.56 bits per heavy atom. The molecule has 3 aromatic carbocycles. The SMILES string of the molecule is NC(=O)CNC(=O)c1cccc(NC(=O)c2cc(-c3ccccc3)nc3ccccc23)c1. The summed E-state index contributed by atoms with van der Waals surface area (Å²) in [5.74, 6) is -1.42. The standard InChI is InChI=1S/C25H20N4O3/c26-23(30)15-27-24(31)17-9-6-10-18(13-17)28-25(32)20-14-22(16-7-2-1-3-8-16)29-21-12-5-4-11-19(20)21/h1-14H,15H2,(H2,26,30)(H,27,31)(H,28,32). The Morgan fingerprint density at radius 3 is 2.34 bits per heavy atom. The first kappa shape index (κ1) is 20.7. The van der Waals surface area contributed by atoms with Crippen molar-refractivity contribution in [3.63, 3.8) is 0 Å². The summed E-state index contributed by atoms with van der Waals surface area (Å²) in [5.41, 5.74) is 8.58. The maximum atomic E-state index is 13.2. The first-order valence-electron chi connectivity index (χ1n) is 9.94. The number of primary amides is 1. The van der Waals surface area contributed by atoms with Crippen molar-refractivity contribution in [2.45, 2.75) is 0 Å². The van der Waals surface area contributed by atoms with Crippen LogP contribution in [0.2, 0.25) is 0 Å². The van der Waals surface area contributed by atoms with Gasteiger partial charge in [-0.3, -0.25) is 14.4 Å². The fourth-order valence-corrected chi connectivity index (χ4v) is 3.33. The average molecular weight is 424 g/mol. The van der Waals surface area contributed by atoms with Gasteiger partial charge >= 0.3 is 0 Å². The van der Waals surface area contributed by atoms with Crippen molar-refractivity contribution in [1.29, 1.82) is 0 Å². The summed E-state index contributed by atoms with van der Waals surface area (Å²) in [6.07, 6.45) is 0. The van der Waals surface area contributed by atoms with Crippen molar-refractivity contribution in [3.8, 4) is 11.3 Å². The van der Waals surface area contributed by atoms with Crippen LogP contribution in [0.15, 0.2) is 84.9 Å². The molecule has 4 rings (SSSR count). The number of amides is 3. The Bertz CT molecular complexity index is 1320. The van der Waals surface area contributed by atoms with E-state index in [1.165, 1.54) is 6.07 Å². The van der Waals surface area contributed by atoms with E-state index in [2.05, 4.69) is 10.6 Å². The van der Waals surface area contributed by atoms with E-state index in [-0.39, 0.29) is 12.5 Å². The van der Waals surface area contributed by atoms with Crippen molar-refractivity contribution in [2.24, 2.45) is 5.73 Å². The molecule has 0 radical (unpaired) electrons. The summed E-state index contributed by atoms with van der Waals surface area (Å²) in [4.78, 5) is 41.0. The van der Waals surface area contributed by atoms with Gasteiger partial charge in [0.25, 0.3) is 11.8 Å². The average Bonchev–Trinajstić information content (AvgIpc) is 2.82. The topological polar surface area (TPSA) is 114 Å². The third kappa shape index (κ3) is 4.62. The van der Waals surface area contributed by atoms with Gasteiger partial charge in [0.2, 0.25) is 5.91 Å². The Kier molecular flexibility index (Phi) is 5.89. The van der Waals surface area contributed by atoms with Gasteiger partial charge < -0.3 is 16.4 Å². The van der Waals surface area contributed by atoms with Gasteiger partial charge in [-0.1, -0.05) is 54.6 Å². The molecule has 0 fully saturated rings. The first-order chi connectivity index (χ1) is 15.5. The number of para-hydroxylation sites is 1. The predicted octanol–water partition coefficient (Wildman–Crippen LogP) is 3.37. The molecule has 4 N–H and O–H groups in total. The monoisotopic (exact) mass is 424 g/mol. The fraction of sp³-hybridized carbons (Fsp3) is 0.0400. The summed E-state index contributed by atoms with van der Waals surface area (Å²) in [6.45, 7) is -0.263. The lowest BCUT2D eigenvalue weighted by Gasteiger charge is -2.11. The molecule has 0 spiro atoms. The zero-order chi connectivity index (χ0) is 22.5. The van der Waals surface area contributed by atoms with Crippen LogP contribution < -0.4 is 16.4 Å². The molecule has 0 saturated carbocycles. The van der Waals surface area contributed by atoms with Crippen LogP contribution in [0.4, 0.5) is 5.69 Å². The van der Waals surface area contributed by atoms with Crippen molar-refractivity contribution >= 4 is 34.3 Å². The van der Waals surface area contributed by atoms with E-state index < -0.39 is 11.8 Å². The number of anilines is 1. The van der Waals surface area contributed by atoms with Crippen molar-refractivity contribution in [3.05, 3.63) is 96.1 Å². The second kappa shape index (κ2) is 9.09. The van der Waals surface area contributed by atoms with E-state index in [0.717, 1.165) is 10.9 Å². The largest absolute Gasteiger partial charge is 0.368 e. The highest BCUT2D eigenvalue weighted by Gasteiger charge is 2.15. The maximum absolute atomic E-state index is 13.2. The Hall–Kier alpha value is -4.52. The molecule has 0 bridgehead atoms. The van der Waals surface area contributed by atoms with Gasteiger partial charge in [0.15, 0.2) is 0 Å². The molecule has 0 aliphatic carbocycles. The molecular weight excluding hydrogens is 404 g/mol. The van der Waals surface area contributed by atoms with E-state index >= 15 is 0 Å². The van der Waals surface area contributed by atoms with Crippen LogP contribution in [-0.2, 0) is 4.79 Å². The van der Waals surface area contributed by atoms with E-state index in [4.69, 9.17) is 10.7 Å². The van der Waals surface area contributed by atoms with Crippen molar-refractivity contribution in [1.82, 2.24) is 10.3 Å². The summed E-state index contributed by atoms with van der Waals surface area (Å²) < 4.78 is 0. The molecule has 0 unspecified atom stereocenters. The maximum Gasteiger partial charge on any atom is 0.256 e. The zero-order valence-electron chi connectivity index (χ0n) is 17.0. The van der Waals surface area contributed by atoms with E-state index in [0.29, 0.717) is 28.0 Å². The van der Waals surface area contributed by atoms with Crippen LogP contribution in [0, 0.1) is 0 Å². The highest BCUT2D eigenvalue weighted by atomic mass is 16.2. The van der Waals surface area contributed by atoms with Crippen LogP contribution in [0.3, 0.4) is 0 Å². The molecule has 32 heavy (non-hydrogen) atoms. The molecule has 0 aliphatic rings. The Balaban J connectivity index is 1.65. The lowest BCUT2D eigenvalue weighted by Crippen LogP contribution is -2.33. The molecule has 1 aromatic heterocycles. The lowest BCUT2D eigenvalue weighted by atomic mass is 10.0. The second-order valence-electron chi connectivity index (χ2n) is 7.12. The van der Waals surface area contributed by atoms with Crippen molar-refractivity contribution in [2.75, 3.05) is 11.9 Å². The Morgan fingerprint density at radius 1 is 0.812 bits per heavy atom. The van der Waals surface area contributed by atoms with Gasteiger partial charge in [0.05, 0.1) is 23.3 Å². The zero-order valence-corrected chi connectivity index (χ0v) is 17.0. The second-order valence-corrected chi connectivity index (χ2v) is 7.12. The van der Waals surface area contributed by atoms with Crippen LogP contribution in [0.1, 0.15) is 20.7 Å². The summed E-state index contributed by atoms with van der Waals surface area (Å²) in [7, 11) is 0. The molecule has 0 aliphatic heterocycles. The lowest BCUT2D eigenvalue weighted by molar-refractivity contribution is -0.117. The number of carbonyl (C=O) groups excluding carboxylic acids is 3. The summed E-state index contributed by atoms with van der Waals surface area (Å²) in [6, 6.07) is 25.3. The number of aromatic nitrogens is 1. The number of carbonyl (C=O) groups is 3. The minimum absolute atomic E-state index is 0.263. The van der Waals surface area contributed by atoms with Crippen LogP contribution >= 0.6 is 0 Å². The highest BCUT2D eigenvalue weighted by Crippen LogP contribution is 2.25. The first-order valence-corrected chi connectivity index (χ1v) is 9.94. The number of pyridine rings is 1. The van der Waals surface area contributed by atoms with E-state index in [9.17, 15) is 14.4 Å². The molecule has 0 atom stereocenters. The van der Waals surface area contributed by atoms with Gasteiger partial charge in [-0.2, -0.15) is 0 Å². The molecule has 3 amide bonds. The van der Waals surface area contributed by atoms with Gasteiger partial charge in [-0.25, -0.2) is 4.98 Å². The number of hydrogen-bond acceptors (Lipinski definition) is 4. The molecular formula is C25H20N4O3. The molecule has 4 aromatic rings.